The minimum atomic E-state index is -0.754. The first-order chi connectivity index (χ1) is 8.03. The second-order valence-corrected chi connectivity index (χ2v) is 4.83. The van der Waals surface area contributed by atoms with Crippen molar-refractivity contribution in [1.29, 1.82) is 0 Å². The van der Waals surface area contributed by atoms with Crippen LogP contribution in [0.2, 0.25) is 0 Å². The summed E-state index contributed by atoms with van der Waals surface area (Å²) in [6.07, 6.45) is 1.10. The molecule has 0 saturated carbocycles. The molecule has 1 amide bonds. The molecular weight excluding hydrogens is 240 g/mol. The maximum Gasteiger partial charge on any atom is 0.233 e. The van der Waals surface area contributed by atoms with Crippen molar-refractivity contribution in [2.24, 2.45) is 11.1 Å². The molecule has 0 aromatic carbocycles. The number of nitrogens with one attached hydrogen (secondary N) is 1. The Kier molecular flexibility index (Phi) is 5.30. The third-order valence-corrected chi connectivity index (χ3v) is 3.44. The third kappa shape index (κ3) is 3.37. The van der Waals surface area contributed by atoms with Gasteiger partial charge >= 0.3 is 0 Å². The summed E-state index contributed by atoms with van der Waals surface area (Å²) < 4.78 is 10.2. The third-order valence-electron chi connectivity index (χ3n) is 3.05. The summed E-state index contributed by atoms with van der Waals surface area (Å²) in [5, 5.41) is 2.89. The number of thiocarbonyl (C=S) groups is 1. The predicted octanol–water partition coefficient (Wildman–Crippen LogP) is 0.220. The second-order valence-electron chi connectivity index (χ2n) is 4.39. The van der Waals surface area contributed by atoms with Gasteiger partial charge in [-0.25, -0.2) is 0 Å². The Morgan fingerprint density at radius 1 is 1.59 bits per heavy atom. The average molecular weight is 260 g/mol. The van der Waals surface area contributed by atoms with Crippen molar-refractivity contribution < 1.29 is 14.3 Å². The van der Waals surface area contributed by atoms with E-state index in [2.05, 4.69) is 5.32 Å². The maximum absolute atomic E-state index is 12.3. The topological polar surface area (TPSA) is 73.6 Å². The van der Waals surface area contributed by atoms with Crippen LogP contribution in [0.5, 0.6) is 0 Å². The van der Waals surface area contributed by atoms with Crippen molar-refractivity contribution in [3.63, 3.8) is 0 Å². The zero-order valence-corrected chi connectivity index (χ0v) is 11.1. The standard InChI is InChI=1S/C11H20N2O3S/c1-8(7-15-2)13-10(14)11(9(12)17)3-5-16-6-4-11/h8H,3-7H2,1-2H3,(H2,12,17)(H,13,14). The van der Waals surface area contributed by atoms with E-state index < -0.39 is 5.41 Å². The Hall–Kier alpha value is -0.720. The van der Waals surface area contributed by atoms with Crippen LogP contribution in [0, 0.1) is 5.41 Å². The molecule has 3 N–H and O–H groups in total. The summed E-state index contributed by atoms with van der Waals surface area (Å²) in [7, 11) is 1.60. The van der Waals surface area contributed by atoms with Gasteiger partial charge in [-0.05, 0) is 19.8 Å². The molecule has 0 spiro atoms. The number of rotatable bonds is 5. The van der Waals surface area contributed by atoms with Crippen LogP contribution in [0.4, 0.5) is 0 Å². The van der Waals surface area contributed by atoms with Gasteiger partial charge in [0, 0.05) is 26.4 Å². The van der Waals surface area contributed by atoms with Gasteiger partial charge < -0.3 is 20.5 Å². The fraction of sp³-hybridized carbons (Fsp3) is 0.818. The Labute approximate surface area is 107 Å². The Bertz CT molecular complexity index is 290. The molecule has 5 nitrogen and oxygen atoms in total. The van der Waals surface area contributed by atoms with Crippen LogP contribution in [0.25, 0.3) is 0 Å². The first-order valence-electron chi connectivity index (χ1n) is 5.70. The van der Waals surface area contributed by atoms with Gasteiger partial charge in [0.15, 0.2) is 0 Å². The van der Waals surface area contributed by atoms with Gasteiger partial charge in [-0.3, -0.25) is 4.79 Å². The molecule has 1 atom stereocenters. The van der Waals surface area contributed by atoms with Crippen LogP contribution in [0.15, 0.2) is 0 Å². The van der Waals surface area contributed by atoms with Gasteiger partial charge in [-0.2, -0.15) is 0 Å². The van der Waals surface area contributed by atoms with Crippen molar-refractivity contribution in [3.8, 4) is 0 Å². The Morgan fingerprint density at radius 3 is 2.65 bits per heavy atom. The summed E-state index contributed by atoms with van der Waals surface area (Å²) in [4.78, 5) is 12.5. The maximum atomic E-state index is 12.3. The molecule has 1 aliphatic rings. The van der Waals surface area contributed by atoms with Crippen molar-refractivity contribution in [2.45, 2.75) is 25.8 Å². The van der Waals surface area contributed by atoms with Gasteiger partial charge in [-0.15, -0.1) is 0 Å². The molecule has 0 bridgehead atoms. The SMILES string of the molecule is COCC(C)NC(=O)C1(C(N)=S)CCOCC1. The first kappa shape index (κ1) is 14.3. The summed E-state index contributed by atoms with van der Waals surface area (Å²) in [6.45, 7) is 3.39. The summed E-state index contributed by atoms with van der Waals surface area (Å²) in [5.41, 5.74) is 4.98. The van der Waals surface area contributed by atoms with Crippen LogP contribution in [0.1, 0.15) is 19.8 Å². The highest BCUT2D eigenvalue weighted by Gasteiger charge is 2.43. The zero-order valence-electron chi connectivity index (χ0n) is 10.3. The van der Waals surface area contributed by atoms with E-state index in [-0.39, 0.29) is 16.9 Å². The number of nitrogens with two attached hydrogens (primary N) is 1. The Balaban J connectivity index is 2.70. The molecule has 17 heavy (non-hydrogen) atoms. The molecule has 1 aliphatic heterocycles. The number of hydrogen-bond acceptors (Lipinski definition) is 4. The van der Waals surface area contributed by atoms with Crippen molar-refractivity contribution in [1.82, 2.24) is 5.32 Å². The van der Waals surface area contributed by atoms with E-state index in [4.69, 9.17) is 27.4 Å². The highest BCUT2D eigenvalue weighted by Crippen LogP contribution is 2.31. The molecule has 6 heteroatoms. The zero-order chi connectivity index (χ0) is 12.9. The minimum Gasteiger partial charge on any atom is -0.392 e. The fourth-order valence-corrected chi connectivity index (χ4v) is 2.26. The molecule has 0 radical (unpaired) electrons. The molecule has 1 unspecified atom stereocenters. The van der Waals surface area contributed by atoms with Crippen LogP contribution in [0.3, 0.4) is 0 Å². The van der Waals surface area contributed by atoms with Gasteiger partial charge in [0.2, 0.25) is 5.91 Å². The van der Waals surface area contributed by atoms with E-state index in [9.17, 15) is 4.79 Å². The molecular formula is C11H20N2O3S. The fourth-order valence-electron chi connectivity index (χ4n) is 1.96. The quantitative estimate of drug-likeness (QED) is 0.692. The number of methoxy groups -OCH3 is 1. The van der Waals surface area contributed by atoms with E-state index in [0.29, 0.717) is 32.7 Å². The van der Waals surface area contributed by atoms with Crippen LogP contribution in [-0.4, -0.2) is 43.9 Å². The molecule has 1 heterocycles. The minimum absolute atomic E-state index is 0.0541. The molecule has 0 aromatic heterocycles. The summed E-state index contributed by atoms with van der Waals surface area (Å²) in [6, 6.07) is -0.0541. The molecule has 1 fully saturated rings. The number of carbonyl (C=O) groups excluding carboxylic acids is 1. The van der Waals surface area contributed by atoms with Crippen molar-refractivity contribution in [3.05, 3.63) is 0 Å². The molecule has 1 rings (SSSR count). The molecule has 1 saturated heterocycles. The van der Waals surface area contributed by atoms with E-state index in [0.717, 1.165) is 0 Å². The number of amides is 1. The molecule has 98 valence electrons. The lowest BCUT2D eigenvalue weighted by Crippen LogP contribution is -2.54. The normalized spacial score (nSPS) is 20.6. The van der Waals surface area contributed by atoms with Crippen molar-refractivity contribution >= 4 is 23.1 Å². The largest absolute Gasteiger partial charge is 0.392 e. The van der Waals surface area contributed by atoms with E-state index in [1.54, 1.807) is 7.11 Å². The highest BCUT2D eigenvalue weighted by atomic mass is 32.1. The van der Waals surface area contributed by atoms with Gasteiger partial charge in [-0.1, -0.05) is 12.2 Å². The van der Waals surface area contributed by atoms with Crippen LogP contribution in [-0.2, 0) is 14.3 Å². The monoisotopic (exact) mass is 260 g/mol. The second kappa shape index (κ2) is 6.28. The van der Waals surface area contributed by atoms with Crippen LogP contribution < -0.4 is 11.1 Å². The van der Waals surface area contributed by atoms with Crippen molar-refractivity contribution in [2.75, 3.05) is 26.9 Å². The van der Waals surface area contributed by atoms with E-state index in [1.165, 1.54) is 0 Å². The number of ether oxygens (including phenoxy) is 2. The lowest BCUT2D eigenvalue weighted by Gasteiger charge is -2.35. The summed E-state index contributed by atoms with van der Waals surface area (Å²) >= 11 is 5.05. The number of carbonyl (C=O) groups is 1. The molecule has 0 aliphatic carbocycles. The van der Waals surface area contributed by atoms with Crippen LogP contribution >= 0.6 is 12.2 Å². The lowest BCUT2D eigenvalue weighted by atomic mass is 9.79. The Morgan fingerprint density at radius 2 is 2.18 bits per heavy atom. The molecule has 0 aromatic rings. The average Bonchev–Trinajstić information content (AvgIpc) is 2.29. The highest BCUT2D eigenvalue weighted by molar-refractivity contribution is 7.80. The van der Waals surface area contributed by atoms with Gasteiger partial charge in [0.25, 0.3) is 0 Å². The van der Waals surface area contributed by atoms with Gasteiger partial charge in [0.05, 0.1) is 11.6 Å². The first-order valence-corrected chi connectivity index (χ1v) is 6.11. The van der Waals surface area contributed by atoms with E-state index >= 15 is 0 Å². The van der Waals surface area contributed by atoms with Gasteiger partial charge in [0.1, 0.15) is 5.41 Å². The van der Waals surface area contributed by atoms with E-state index in [1.807, 2.05) is 6.92 Å². The predicted molar refractivity (Wildman–Crippen MR) is 68.8 cm³/mol. The lowest BCUT2D eigenvalue weighted by molar-refractivity contribution is -0.132. The summed E-state index contributed by atoms with van der Waals surface area (Å²) in [5.74, 6) is -0.113. The smallest absolute Gasteiger partial charge is 0.233 e. The number of hydrogen-bond donors (Lipinski definition) is 2.